The second-order valence-electron chi connectivity index (χ2n) is 4.76. The minimum absolute atomic E-state index is 0.474. The third-order valence-electron chi connectivity index (χ3n) is 3.11. The molecule has 0 aliphatic heterocycles. The smallest absolute Gasteiger partial charge is 0.162 e. The molecule has 0 aromatic carbocycles. The first-order valence-corrected chi connectivity index (χ1v) is 6.09. The molecule has 1 aliphatic carbocycles. The van der Waals surface area contributed by atoms with Crippen molar-refractivity contribution in [3.63, 3.8) is 0 Å². The van der Waals surface area contributed by atoms with Crippen molar-refractivity contribution in [3.05, 3.63) is 17.1 Å². The highest BCUT2D eigenvalue weighted by Gasteiger charge is 2.28. The van der Waals surface area contributed by atoms with Crippen molar-refractivity contribution in [2.45, 2.75) is 45.6 Å². The monoisotopic (exact) mass is 236 g/mol. The molecule has 1 aliphatic rings. The lowest BCUT2D eigenvalue weighted by Gasteiger charge is -2.24. The van der Waals surface area contributed by atoms with Gasteiger partial charge in [-0.05, 0) is 40.0 Å². The van der Waals surface area contributed by atoms with Gasteiger partial charge in [-0.3, -0.25) is 0 Å². The molecule has 17 heavy (non-hydrogen) atoms. The number of nitrogens with zero attached hydrogens (tertiary/aromatic N) is 2. The van der Waals surface area contributed by atoms with E-state index >= 15 is 0 Å². The highest BCUT2D eigenvalue weighted by Crippen LogP contribution is 2.29. The fourth-order valence-corrected chi connectivity index (χ4v) is 2.25. The number of hydrogen-bond acceptors (Lipinski definition) is 5. The molecule has 1 aromatic rings. The zero-order valence-electron chi connectivity index (χ0n) is 10.7. The van der Waals surface area contributed by atoms with Crippen molar-refractivity contribution in [1.82, 2.24) is 9.97 Å². The van der Waals surface area contributed by atoms with Crippen LogP contribution in [-0.2, 0) is 23.2 Å². The van der Waals surface area contributed by atoms with E-state index in [-0.39, 0.29) is 0 Å². The maximum atomic E-state index is 5.68. The maximum Gasteiger partial charge on any atom is 0.162 e. The van der Waals surface area contributed by atoms with Gasteiger partial charge in [-0.25, -0.2) is 15.8 Å². The van der Waals surface area contributed by atoms with Crippen molar-refractivity contribution in [3.8, 4) is 0 Å². The van der Waals surface area contributed by atoms with E-state index in [9.17, 15) is 0 Å². The Bertz CT molecular complexity index is 417. The summed E-state index contributed by atoms with van der Waals surface area (Å²) in [5.41, 5.74) is 4.46. The second-order valence-corrected chi connectivity index (χ2v) is 4.76. The first-order valence-electron chi connectivity index (χ1n) is 6.09. The molecule has 0 amide bonds. The molecule has 0 fully saturated rings. The zero-order valence-corrected chi connectivity index (χ0v) is 10.7. The van der Waals surface area contributed by atoms with Gasteiger partial charge in [0.05, 0.1) is 0 Å². The molecular formula is C12H20N4O. The van der Waals surface area contributed by atoms with Crippen molar-refractivity contribution in [1.29, 1.82) is 0 Å². The minimum atomic E-state index is -0.474. The Kier molecular flexibility index (Phi) is 3.31. The fourth-order valence-electron chi connectivity index (χ4n) is 2.25. The number of hydrogen-bond donors (Lipinski definition) is 2. The number of fused-ring (bicyclic) bond motifs is 1. The van der Waals surface area contributed by atoms with Gasteiger partial charge in [-0.2, -0.15) is 0 Å². The van der Waals surface area contributed by atoms with E-state index in [0.29, 0.717) is 12.4 Å². The standard InChI is InChI=1S/C12H20N4O/c1-4-17-12(2,3)11-14-9-7-5-6-8(9)10(15-11)16-13/h4-7,13H2,1-3H3,(H,14,15,16). The Morgan fingerprint density at radius 2 is 2.12 bits per heavy atom. The predicted octanol–water partition coefficient (Wildman–Crippen LogP) is 1.52. The first kappa shape index (κ1) is 12.3. The van der Waals surface area contributed by atoms with Gasteiger partial charge >= 0.3 is 0 Å². The van der Waals surface area contributed by atoms with Gasteiger partial charge in [0.25, 0.3) is 0 Å². The Labute approximate surface area is 102 Å². The molecule has 3 N–H and O–H groups in total. The number of nitrogens with two attached hydrogens (primary N) is 1. The maximum absolute atomic E-state index is 5.68. The summed E-state index contributed by atoms with van der Waals surface area (Å²) in [5, 5.41) is 0. The lowest BCUT2D eigenvalue weighted by molar-refractivity contribution is -0.0208. The van der Waals surface area contributed by atoms with Crippen LogP contribution < -0.4 is 11.3 Å². The van der Waals surface area contributed by atoms with Crippen LogP contribution in [0, 0.1) is 0 Å². The van der Waals surface area contributed by atoms with Crippen LogP contribution in [0.2, 0.25) is 0 Å². The van der Waals surface area contributed by atoms with E-state index in [1.807, 2.05) is 20.8 Å². The lowest BCUT2D eigenvalue weighted by atomic mass is 10.1. The Morgan fingerprint density at radius 1 is 1.35 bits per heavy atom. The van der Waals surface area contributed by atoms with E-state index in [0.717, 1.165) is 36.3 Å². The van der Waals surface area contributed by atoms with Crippen LogP contribution in [0.3, 0.4) is 0 Å². The normalized spacial score (nSPS) is 14.8. The van der Waals surface area contributed by atoms with E-state index in [4.69, 9.17) is 10.6 Å². The van der Waals surface area contributed by atoms with Crippen molar-refractivity contribution < 1.29 is 4.74 Å². The second kappa shape index (κ2) is 4.58. The number of ether oxygens (including phenoxy) is 1. The average Bonchev–Trinajstić information content (AvgIpc) is 2.75. The zero-order chi connectivity index (χ0) is 12.5. The number of nitrogen functional groups attached to an aromatic ring is 1. The predicted molar refractivity (Wildman–Crippen MR) is 66.5 cm³/mol. The van der Waals surface area contributed by atoms with Crippen LogP contribution >= 0.6 is 0 Å². The van der Waals surface area contributed by atoms with E-state index in [1.165, 1.54) is 0 Å². The number of aromatic nitrogens is 2. The third-order valence-corrected chi connectivity index (χ3v) is 3.11. The summed E-state index contributed by atoms with van der Waals surface area (Å²) in [6, 6.07) is 0. The van der Waals surface area contributed by atoms with Gasteiger partial charge in [-0.15, -0.1) is 0 Å². The van der Waals surface area contributed by atoms with Gasteiger partial charge in [-0.1, -0.05) is 0 Å². The summed E-state index contributed by atoms with van der Waals surface area (Å²) in [6.07, 6.45) is 3.13. The first-order chi connectivity index (χ1) is 8.08. The van der Waals surface area contributed by atoms with E-state index < -0.39 is 5.60 Å². The van der Waals surface area contributed by atoms with Crippen molar-refractivity contribution in [2.24, 2.45) is 5.84 Å². The minimum Gasteiger partial charge on any atom is -0.368 e. The number of hydrazine groups is 1. The molecule has 0 unspecified atom stereocenters. The molecule has 0 atom stereocenters. The topological polar surface area (TPSA) is 73.1 Å². The molecule has 0 spiro atoms. The molecule has 1 aromatic heterocycles. The summed E-state index contributed by atoms with van der Waals surface area (Å²) in [7, 11) is 0. The largest absolute Gasteiger partial charge is 0.368 e. The van der Waals surface area contributed by atoms with Crippen LogP contribution in [0.1, 0.15) is 44.3 Å². The highest BCUT2D eigenvalue weighted by atomic mass is 16.5. The molecule has 5 heteroatoms. The summed E-state index contributed by atoms with van der Waals surface area (Å²) >= 11 is 0. The molecular weight excluding hydrogens is 216 g/mol. The number of rotatable bonds is 4. The van der Waals surface area contributed by atoms with Crippen molar-refractivity contribution in [2.75, 3.05) is 12.0 Å². The Balaban J connectivity index is 2.43. The van der Waals surface area contributed by atoms with E-state index in [1.54, 1.807) is 0 Å². The molecule has 0 saturated carbocycles. The quantitative estimate of drug-likeness (QED) is 0.612. The van der Waals surface area contributed by atoms with Crippen LogP contribution in [-0.4, -0.2) is 16.6 Å². The van der Waals surface area contributed by atoms with Gasteiger partial charge < -0.3 is 10.2 Å². The van der Waals surface area contributed by atoms with Crippen molar-refractivity contribution >= 4 is 5.82 Å². The Morgan fingerprint density at radius 3 is 2.76 bits per heavy atom. The molecule has 0 saturated heterocycles. The number of nitrogens with one attached hydrogen (secondary N) is 1. The van der Waals surface area contributed by atoms with Crippen LogP contribution in [0.4, 0.5) is 5.82 Å². The Hall–Kier alpha value is -1.20. The van der Waals surface area contributed by atoms with Gasteiger partial charge in [0.2, 0.25) is 0 Å². The van der Waals surface area contributed by atoms with E-state index in [2.05, 4.69) is 15.4 Å². The lowest BCUT2D eigenvalue weighted by Crippen LogP contribution is -2.26. The number of anilines is 1. The SMILES string of the molecule is CCOC(C)(C)c1nc2c(c(NN)n1)CCC2. The van der Waals surface area contributed by atoms with Gasteiger partial charge in [0, 0.05) is 17.9 Å². The molecule has 0 radical (unpaired) electrons. The van der Waals surface area contributed by atoms with Gasteiger partial charge in [0.1, 0.15) is 11.4 Å². The summed E-state index contributed by atoms with van der Waals surface area (Å²) in [4.78, 5) is 9.10. The molecule has 0 bridgehead atoms. The summed E-state index contributed by atoms with van der Waals surface area (Å²) in [5.74, 6) is 6.98. The summed E-state index contributed by atoms with van der Waals surface area (Å²) < 4.78 is 5.68. The van der Waals surface area contributed by atoms with Crippen LogP contribution in [0.15, 0.2) is 0 Å². The average molecular weight is 236 g/mol. The van der Waals surface area contributed by atoms with Gasteiger partial charge in [0.15, 0.2) is 5.82 Å². The van der Waals surface area contributed by atoms with Crippen LogP contribution in [0.5, 0.6) is 0 Å². The summed E-state index contributed by atoms with van der Waals surface area (Å²) in [6.45, 7) is 6.57. The molecule has 94 valence electrons. The third kappa shape index (κ3) is 2.25. The molecule has 5 nitrogen and oxygen atoms in total. The van der Waals surface area contributed by atoms with Crippen LogP contribution in [0.25, 0.3) is 0 Å². The number of aryl methyl sites for hydroxylation is 1. The molecule has 1 heterocycles. The highest BCUT2D eigenvalue weighted by molar-refractivity contribution is 5.48. The fraction of sp³-hybridized carbons (Fsp3) is 0.667. The molecule has 2 rings (SSSR count).